The number of aromatic nitrogens is 2. The summed E-state index contributed by atoms with van der Waals surface area (Å²) < 4.78 is 7.80. The number of hydrogen-bond donors (Lipinski definition) is 0. The Morgan fingerprint density at radius 3 is 2.26 bits per heavy atom. The first-order chi connectivity index (χ1) is 9.33. The fraction of sp³-hybridized carbons (Fsp3) is 0.0667. The topological polar surface area (TPSA) is 31.0 Å². The van der Waals surface area contributed by atoms with E-state index in [4.69, 9.17) is 16.7 Å². The Kier molecular flexibility index (Phi) is 3.25. The molecule has 3 rings (SSSR count). The minimum absolute atomic E-state index is 0.461. The molecule has 0 fully saturated rings. The highest BCUT2D eigenvalue weighted by Crippen LogP contribution is 2.17. The monoisotopic (exact) mass is 268 g/mol. The van der Waals surface area contributed by atoms with Crippen LogP contribution in [-0.4, -0.2) is 9.72 Å². The van der Waals surface area contributed by atoms with Crippen LogP contribution in [0.15, 0.2) is 65.2 Å². The third kappa shape index (κ3) is 2.63. The van der Waals surface area contributed by atoms with Gasteiger partial charge in [0.25, 0.3) is 5.89 Å². The SMILES string of the molecule is S=c1nc(-c2ccccc2)on1Cc1ccccc1. The summed E-state index contributed by atoms with van der Waals surface area (Å²) in [6, 6.07) is 19.8. The van der Waals surface area contributed by atoms with Gasteiger partial charge >= 0.3 is 0 Å². The highest BCUT2D eigenvalue weighted by Gasteiger charge is 2.07. The lowest BCUT2D eigenvalue weighted by Gasteiger charge is -2.00. The van der Waals surface area contributed by atoms with Crippen molar-refractivity contribution in [1.29, 1.82) is 0 Å². The van der Waals surface area contributed by atoms with Crippen molar-refractivity contribution < 1.29 is 4.52 Å². The standard InChI is InChI=1S/C15H12N2OS/c19-15-16-14(13-9-5-2-6-10-13)18-17(15)11-12-7-3-1-4-8-12/h1-10H,11H2. The summed E-state index contributed by atoms with van der Waals surface area (Å²) in [5, 5.41) is 0. The molecule has 0 radical (unpaired) electrons. The summed E-state index contributed by atoms with van der Waals surface area (Å²) >= 11 is 5.23. The van der Waals surface area contributed by atoms with Crippen molar-refractivity contribution in [3.05, 3.63) is 71.0 Å². The molecule has 19 heavy (non-hydrogen) atoms. The minimum Gasteiger partial charge on any atom is -0.356 e. The van der Waals surface area contributed by atoms with E-state index in [1.807, 2.05) is 60.7 Å². The first kappa shape index (κ1) is 11.9. The zero-order valence-corrected chi connectivity index (χ0v) is 11.0. The molecular weight excluding hydrogens is 256 g/mol. The van der Waals surface area contributed by atoms with E-state index in [1.165, 1.54) is 0 Å². The van der Waals surface area contributed by atoms with Crippen molar-refractivity contribution in [1.82, 2.24) is 9.72 Å². The maximum atomic E-state index is 5.71. The molecule has 2 aromatic carbocycles. The van der Waals surface area contributed by atoms with Crippen LogP contribution in [-0.2, 0) is 6.54 Å². The van der Waals surface area contributed by atoms with Crippen LogP contribution < -0.4 is 0 Å². The van der Waals surface area contributed by atoms with Gasteiger partial charge in [0.05, 0.1) is 6.54 Å². The Balaban J connectivity index is 1.93. The van der Waals surface area contributed by atoms with E-state index >= 15 is 0 Å². The van der Waals surface area contributed by atoms with Gasteiger partial charge in [0.2, 0.25) is 4.77 Å². The molecule has 4 heteroatoms. The Hall–Kier alpha value is -2.20. The minimum atomic E-state index is 0.461. The Labute approximate surface area is 116 Å². The van der Waals surface area contributed by atoms with Crippen LogP contribution in [0.2, 0.25) is 0 Å². The summed E-state index contributed by atoms with van der Waals surface area (Å²) in [5.74, 6) is 0.557. The molecule has 0 bridgehead atoms. The van der Waals surface area contributed by atoms with Gasteiger partial charge in [-0.05, 0) is 29.9 Å². The van der Waals surface area contributed by atoms with Gasteiger partial charge in [-0.3, -0.25) is 0 Å². The Morgan fingerprint density at radius 2 is 1.58 bits per heavy atom. The molecule has 0 aliphatic heterocycles. The molecule has 0 amide bonds. The zero-order valence-electron chi connectivity index (χ0n) is 10.2. The molecule has 0 aliphatic rings. The average Bonchev–Trinajstić information content (AvgIpc) is 2.82. The van der Waals surface area contributed by atoms with Crippen molar-refractivity contribution in [2.24, 2.45) is 0 Å². The van der Waals surface area contributed by atoms with Crippen LogP contribution in [0, 0.1) is 4.77 Å². The summed E-state index contributed by atoms with van der Waals surface area (Å²) in [6.45, 7) is 0.597. The van der Waals surface area contributed by atoms with Crippen LogP contribution in [0.5, 0.6) is 0 Å². The van der Waals surface area contributed by atoms with Gasteiger partial charge in [0.1, 0.15) is 0 Å². The molecule has 0 spiro atoms. The van der Waals surface area contributed by atoms with E-state index in [0.717, 1.165) is 11.1 Å². The van der Waals surface area contributed by atoms with Crippen molar-refractivity contribution in [2.45, 2.75) is 6.54 Å². The molecule has 0 N–H and O–H groups in total. The van der Waals surface area contributed by atoms with Gasteiger partial charge in [0.15, 0.2) is 0 Å². The van der Waals surface area contributed by atoms with Gasteiger partial charge in [0, 0.05) is 5.56 Å². The molecule has 1 aromatic heterocycles. The molecule has 3 aromatic rings. The smallest absolute Gasteiger partial charge is 0.256 e. The van der Waals surface area contributed by atoms with Crippen LogP contribution >= 0.6 is 12.2 Å². The van der Waals surface area contributed by atoms with E-state index in [2.05, 4.69) is 4.98 Å². The maximum absolute atomic E-state index is 5.71. The van der Waals surface area contributed by atoms with Gasteiger partial charge < -0.3 is 4.52 Å². The number of benzene rings is 2. The van der Waals surface area contributed by atoms with Gasteiger partial charge in [-0.25, -0.2) is 0 Å². The Morgan fingerprint density at radius 1 is 0.947 bits per heavy atom. The van der Waals surface area contributed by atoms with E-state index in [1.54, 1.807) is 4.74 Å². The average molecular weight is 268 g/mol. The second-order valence-corrected chi connectivity index (χ2v) is 4.54. The lowest BCUT2D eigenvalue weighted by molar-refractivity contribution is 0.291. The van der Waals surface area contributed by atoms with Crippen molar-refractivity contribution in [3.63, 3.8) is 0 Å². The number of rotatable bonds is 3. The maximum Gasteiger partial charge on any atom is 0.256 e. The normalized spacial score (nSPS) is 10.5. The van der Waals surface area contributed by atoms with Crippen LogP contribution in [0.25, 0.3) is 11.5 Å². The van der Waals surface area contributed by atoms with E-state index in [9.17, 15) is 0 Å². The van der Waals surface area contributed by atoms with Crippen LogP contribution in [0.3, 0.4) is 0 Å². The van der Waals surface area contributed by atoms with Gasteiger partial charge in [-0.2, -0.15) is 9.72 Å². The van der Waals surface area contributed by atoms with Crippen molar-refractivity contribution >= 4 is 12.2 Å². The predicted octanol–water partition coefficient (Wildman–Crippen LogP) is 3.92. The van der Waals surface area contributed by atoms with E-state index < -0.39 is 0 Å². The molecular formula is C15H12N2OS. The summed E-state index contributed by atoms with van der Waals surface area (Å²) in [6.07, 6.45) is 0. The predicted molar refractivity (Wildman–Crippen MR) is 76.3 cm³/mol. The summed E-state index contributed by atoms with van der Waals surface area (Å²) in [7, 11) is 0. The summed E-state index contributed by atoms with van der Waals surface area (Å²) in [4.78, 5) is 4.29. The van der Waals surface area contributed by atoms with Crippen molar-refractivity contribution in [2.75, 3.05) is 0 Å². The second kappa shape index (κ2) is 5.20. The third-order valence-corrected chi connectivity index (χ3v) is 3.09. The third-order valence-electron chi connectivity index (χ3n) is 2.80. The molecule has 0 saturated heterocycles. The summed E-state index contributed by atoms with van der Waals surface area (Å²) in [5.41, 5.74) is 2.06. The fourth-order valence-electron chi connectivity index (χ4n) is 1.85. The lowest BCUT2D eigenvalue weighted by atomic mass is 10.2. The van der Waals surface area contributed by atoms with Gasteiger partial charge in [-0.1, -0.05) is 48.5 Å². The van der Waals surface area contributed by atoms with Gasteiger partial charge in [-0.15, -0.1) is 0 Å². The quantitative estimate of drug-likeness (QED) is 0.675. The highest BCUT2D eigenvalue weighted by molar-refractivity contribution is 7.71. The number of nitrogens with zero attached hydrogens (tertiary/aromatic N) is 2. The molecule has 0 atom stereocenters. The van der Waals surface area contributed by atoms with E-state index in [0.29, 0.717) is 17.2 Å². The lowest BCUT2D eigenvalue weighted by Crippen LogP contribution is -1.97. The molecule has 1 heterocycles. The second-order valence-electron chi connectivity index (χ2n) is 4.18. The van der Waals surface area contributed by atoms with Crippen molar-refractivity contribution in [3.8, 4) is 11.5 Å². The van der Waals surface area contributed by atoms with Crippen LogP contribution in [0.4, 0.5) is 0 Å². The molecule has 0 unspecified atom stereocenters. The van der Waals surface area contributed by atoms with E-state index in [-0.39, 0.29) is 0 Å². The zero-order chi connectivity index (χ0) is 13.1. The fourth-order valence-corrected chi connectivity index (χ4v) is 2.04. The number of hydrogen-bond acceptors (Lipinski definition) is 3. The molecule has 94 valence electrons. The first-order valence-corrected chi connectivity index (χ1v) is 6.41. The van der Waals surface area contributed by atoms with Crippen LogP contribution in [0.1, 0.15) is 5.56 Å². The first-order valence-electron chi connectivity index (χ1n) is 6.00. The molecule has 0 aliphatic carbocycles. The largest absolute Gasteiger partial charge is 0.356 e. The molecule has 0 saturated carbocycles. The highest BCUT2D eigenvalue weighted by atomic mass is 32.1. The Bertz CT molecular complexity index is 717. The molecule has 3 nitrogen and oxygen atoms in total.